The number of halogens is 6. The van der Waals surface area contributed by atoms with E-state index in [1.165, 1.54) is 0 Å². The van der Waals surface area contributed by atoms with Gasteiger partial charge in [-0.2, -0.15) is 13.2 Å². The van der Waals surface area contributed by atoms with Gasteiger partial charge < -0.3 is 10.4 Å². The normalized spacial score (nSPS) is 13.1. The maximum Gasteiger partial charge on any atom is 0.389 e. The van der Waals surface area contributed by atoms with Crippen molar-refractivity contribution in [1.29, 1.82) is 0 Å². The molecule has 0 amide bonds. The second kappa shape index (κ2) is 6.02. The van der Waals surface area contributed by atoms with Crippen LogP contribution in [0.4, 0.5) is 32.0 Å². The molecular formula is C11H9F6NO2. The van der Waals surface area contributed by atoms with Gasteiger partial charge >= 0.3 is 12.1 Å². The average Bonchev–Trinajstić information content (AvgIpc) is 2.24. The summed E-state index contributed by atoms with van der Waals surface area (Å²) < 4.78 is 75.2. The number of hydrogen-bond donors (Lipinski definition) is 2. The van der Waals surface area contributed by atoms with Crippen molar-refractivity contribution in [2.45, 2.75) is 25.1 Å². The summed E-state index contributed by atoms with van der Waals surface area (Å²) in [5.74, 6) is -5.80. The number of aliphatic carboxylic acids is 1. The number of carbonyl (C=O) groups is 1. The lowest BCUT2D eigenvalue weighted by atomic mass is 10.1. The van der Waals surface area contributed by atoms with Gasteiger partial charge in [0.2, 0.25) is 0 Å². The van der Waals surface area contributed by atoms with Gasteiger partial charge in [-0.05, 0) is 6.42 Å². The number of anilines is 1. The maximum atomic E-state index is 13.3. The van der Waals surface area contributed by atoms with E-state index in [2.05, 4.69) is 0 Å². The molecule has 1 rings (SSSR count). The Morgan fingerprint density at radius 1 is 1.20 bits per heavy atom. The fraction of sp³-hybridized carbons (Fsp3) is 0.364. The molecule has 2 N–H and O–H groups in total. The number of hydrogen-bond acceptors (Lipinski definition) is 2. The average molecular weight is 301 g/mol. The van der Waals surface area contributed by atoms with E-state index >= 15 is 0 Å². The Kier molecular flexibility index (Phi) is 4.85. The third kappa shape index (κ3) is 4.63. The molecule has 3 nitrogen and oxygen atoms in total. The molecule has 0 bridgehead atoms. The van der Waals surface area contributed by atoms with Crippen molar-refractivity contribution in [2.75, 3.05) is 5.32 Å². The zero-order chi connectivity index (χ0) is 15.5. The number of alkyl halides is 3. The van der Waals surface area contributed by atoms with Crippen LogP contribution < -0.4 is 5.32 Å². The number of carboxylic acid groups (broad SMARTS) is 1. The SMILES string of the molecule is O=C(O)[C@@H](CCC(F)(F)F)Nc1c(F)cc(F)cc1F. The lowest BCUT2D eigenvalue weighted by Gasteiger charge is -2.17. The van der Waals surface area contributed by atoms with Gasteiger partial charge in [0.05, 0.1) is 0 Å². The molecule has 0 aliphatic rings. The van der Waals surface area contributed by atoms with Crippen LogP contribution in [-0.2, 0) is 4.79 Å². The van der Waals surface area contributed by atoms with Crippen molar-refractivity contribution in [3.63, 3.8) is 0 Å². The van der Waals surface area contributed by atoms with E-state index in [1.54, 1.807) is 5.32 Å². The quantitative estimate of drug-likeness (QED) is 0.820. The first-order valence-corrected chi connectivity index (χ1v) is 5.31. The largest absolute Gasteiger partial charge is 0.480 e. The predicted molar refractivity (Wildman–Crippen MR) is 56.7 cm³/mol. The summed E-state index contributed by atoms with van der Waals surface area (Å²) in [6.07, 6.45) is -6.97. The minimum atomic E-state index is -4.60. The molecule has 0 aliphatic heterocycles. The van der Waals surface area contributed by atoms with Crippen LogP contribution >= 0.6 is 0 Å². The highest BCUT2D eigenvalue weighted by Gasteiger charge is 2.31. The molecule has 0 fully saturated rings. The first kappa shape index (κ1) is 16.1. The van der Waals surface area contributed by atoms with Crippen LogP contribution in [0.3, 0.4) is 0 Å². The lowest BCUT2D eigenvalue weighted by Crippen LogP contribution is -2.31. The summed E-state index contributed by atoms with van der Waals surface area (Å²) in [7, 11) is 0. The Balaban J connectivity index is 2.89. The molecule has 0 radical (unpaired) electrons. The monoisotopic (exact) mass is 301 g/mol. The molecule has 1 atom stereocenters. The van der Waals surface area contributed by atoms with Crippen LogP contribution in [0.2, 0.25) is 0 Å². The molecule has 0 unspecified atom stereocenters. The molecule has 20 heavy (non-hydrogen) atoms. The van der Waals surface area contributed by atoms with Crippen molar-refractivity contribution in [2.24, 2.45) is 0 Å². The van der Waals surface area contributed by atoms with E-state index in [1.807, 2.05) is 0 Å². The minimum absolute atomic E-state index is 0.286. The molecule has 0 saturated heterocycles. The standard InChI is InChI=1S/C11H9F6NO2/c12-5-3-6(13)9(7(14)4-5)18-8(10(19)20)1-2-11(15,16)17/h3-4,8,18H,1-2H2,(H,19,20)/t8-/m1/s1. The number of carboxylic acids is 1. The van der Waals surface area contributed by atoms with Gasteiger partial charge in [-0.1, -0.05) is 0 Å². The fourth-order valence-corrected chi connectivity index (χ4v) is 1.42. The van der Waals surface area contributed by atoms with Crippen molar-refractivity contribution in [3.05, 3.63) is 29.6 Å². The number of rotatable bonds is 5. The molecule has 0 heterocycles. The summed E-state index contributed by atoms with van der Waals surface area (Å²) in [6, 6.07) is -1.28. The van der Waals surface area contributed by atoms with Crippen molar-refractivity contribution in [3.8, 4) is 0 Å². The zero-order valence-corrected chi connectivity index (χ0v) is 9.77. The molecule has 1 aromatic rings. The Morgan fingerprint density at radius 2 is 1.70 bits per heavy atom. The number of benzene rings is 1. The molecule has 0 aromatic heterocycles. The first-order chi connectivity index (χ1) is 9.10. The Hall–Kier alpha value is -1.93. The van der Waals surface area contributed by atoms with Crippen molar-refractivity contribution < 1.29 is 36.2 Å². The molecule has 0 spiro atoms. The summed E-state index contributed by atoms with van der Waals surface area (Å²) in [5, 5.41) is 10.5. The molecule has 0 aliphatic carbocycles. The summed E-state index contributed by atoms with van der Waals surface area (Å²) in [4.78, 5) is 10.8. The molecule has 0 saturated carbocycles. The smallest absolute Gasteiger partial charge is 0.389 e. The van der Waals surface area contributed by atoms with E-state index in [-0.39, 0.29) is 12.1 Å². The summed E-state index contributed by atoms with van der Waals surface area (Å²) in [5.41, 5.74) is -0.985. The van der Waals surface area contributed by atoms with E-state index in [0.717, 1.165) is 0 Å². The minimum Gasteiger partial charge on any atom is -0.480 e. The van der Waals surface area contributed by atoms with Crippen LogP contribution in [0.25, 0.3) is 0 Å². The Labute approximate surface area is 109 Å². The van der Waals surface area contributed by atoms with Crippen LogP contribution in [0.5, 0.6) is 0 Å². The summed E-state index contributed by atoms with van der Waals surface area (Å²) >= 11 is 0. The highest BCUT2D eigenvalue weighted by molar-refractivity contribution is 5.77. The maximum absolute atomic E-state index is 13.3. The van der Waals surface area contributed by atoms with Crippen LogP contribution in [0, 0.1) is 17.5 Å². The molecule has 9 heteroatoms. The zero-order valence-electron chi connectivity index (χ0n) is 9.77. The molecular weight excluding hydrogens is 292 g/mol. The van der Waals surface area contributed by atoms with Crippen LogP contribution in [-0.4, -0.2) is 23.3 Å². The van der Waals surface area contributed by atoms with E-state index < -0.39 is 54.2 Å². The Bertz CT molecular complexity index is 479. The fourth-order valence-electron chi connectivity index (χ4n) is 1.42. The van der Waals surface area contributed by atoms with E-state index in [9.17, 15) is 31.1 Å². The van der Waals surface area contributed by atoms with E-state index in [4.69, 9.17) is 5.11 Å². The second-order valence-corrected chi connectivity index (χ2v) is 3.93. The van der Waals surface area contributed by atoms with Gasteiger partial charge in [0, 0.05) is 18.6 Å². The van der Waals surface area contributed by atoms with E-state index in [0.29, 0.717) is 0 Å². The first-order valence-electron chi connectivity index (χ1n) is 5.31. The lowest BCUT2D eigenvalue weighted by molar-refractivity contribution is -0.144. The van der Waals surface area contributed by atoms with Crippen LogP contribution in [0.1, 0.15) is 12.8 Å². The van der Waals surface area contributed by atoms with Gasteiger partial charge in [0.1, 0.15) is 17.5 Å². The third-order valence-electron chi connectivity index (χ3n) is 2.34. The third-order valence-corrected chi connectivity index (χ3v) is 2.34. The van der Waals surface area contributed by atoms with Crippen molar-refractivity contribution in [1.82, 2.24) is 0 Å². The van der Waals surface area contributed by atoms with Gasteiger partial charge in [-0.15, -0.1) is 0 Å². The highest BCUT2D eigenvalue weighted by atomic mass is 19.4. The highest BCUT2D eigenvalue weighted by Crippen LogP contribution is 2.25. The van der Waals surface area contributed by atoms with Gasteiger partial charge in [-0.25, -0.2) is 18.0 Å². The predicted octanol–water partition coefficient (Wildman–Crippen LogP) is 3.31. The summed E-state index contributed by atoms with van der Waals surface area (Å²) in [6.45, 7) is 0. The van der Waals surface area contributed by atoms with Crippen LogP contribution in [0.15, 0.2) is 12.1 Å². The second-order valence-electron chi connectivity index (χ2n) is 3.93. The number of nitrogens with one attached hydrogen (secondary N) is 1. The van der Waals surface area contributed by atoms with Gasteiger partial charge in [0.15, 0.2) is 11.6 Å². The topological polar surface area (TPSA) is 49.3 Å². The van der Waals surface area contributed by atoms with Gasteiger partial charge in [0.25, 0.3) is 0 Å². The van der Waals surface area contributed by atoms with Crippen molar-refractivity contribution >= 4 is 11.7 Å². The Morgan fingerprint density at radius 3 is 2.10 bits per heavy atom. The molecule has 112 valence electrons. The van der Waals surface area contributed by atoms with Gasteiger partial charge in [-0.3, -0.25) is 0 Å². The molecule has 1 aromatic carbocycles.